The minimum absolute atomic E-state index is 0.128. The van der Waals surface area contributed by atoms with Gasteiger partial charge in [0.15, 0.2) is 0 Å². The average Bonchev–Trinajstić information content (AvgIpc) is 2.95. The highest BCUT2D eigenvalue weighted by molar-refractivity contribution is 7.07. The van der Waals surface area contributed by atoms with Gasteiger partial charge in [-0.15, -0.1) is 0 Å². The SMILES string of the molecule is COc1ccc(NC(=Nc2ccc(Cl)cc2F)n2sc(C)cc2=N)cc1. The van der Waals surface area contributed by atoms with E-state index in [1.54, 1.807) is 35.3 Å². The van der Waals surface area contributed by atoms with Crippen molar-refractivity contribution in [3.05, 3.63) is 69.7 Å². The van der Waals surface area contributed by atoms with Crippen LogP contribution >= 0.6 is 23.1 Å². The lowest BCUT2D eigenvalue weighted by molar-refractivity contribution is 0.415. The van der Waals surface area contributed by atoms with Crippen LogP contribution in [0.1, 0.15) is 4.88 Å². The van der Waals surface area contributed by atoms with Crippen molar-refractivity contribution in [1.29, 1.82) is 5.41 Å². The first-order chi connectivity index (χ1) is 12.5. The van der Waals surface area contributed by atoms with Crippen LogP contribution in [-0.2, 0) is 0 Å². The van der Waals surface area contributed by atoms with Crippen molar-refractivity contribution in [2.45, 2.75) is 6.92 Å². The van der Waals surface area contributed by atoms with Crippen LogP contribution in [0.2, 0.25) is 5.02 Å². The summed E-state index contributed by atoms with van der Waals surface area (Å²) in [5.41, 5.74) is 1.11. The van der Waals surface area contributed by atoms with Crippen LogP contribution in [0.5, 0.6) is 5.75 Å². The maximum Gasteiger partial charge on any atom is 0.223 e. The molecule has 0 atom stereocenters. The number of nitrogens with one attached hydrogen (secondary N) is 2. The summed E-state index contributed by atoms with van der Waals surface area (Å²) < 4.78 is 20.9. The maximum absolute atomic E-state index is 14.2. The Balaban J connectivity index is 2.05. The van der Waals surface area contributed by atoms with Crippen molar-refractivity contribution in [2.24, 2.45) is 4.99 Å². The van der Waals surface area contributed by atoms with Gasteiger partial charge in [0, 0.05) is 15.6 Å². The lowest BCUT2D eigenvalue weighted by Gasteiger charge is -2.11. The summed E-state index contributed by atoms with van der Waals surface area (Å²) in [6, 6.07) is 13.2. The Kier molecular flexibility index (Phi) is 5.39. The number of hydrogen-bond acceptors (Lipinski definition) is 4. The number of rotatable bonds is 3. The molecule has 26 heavy (non-hydrogen) atoms. The normalized spacial score (nSPS) is 11.5. The number of methoxy groups -OCH3 is 1. The quantitative estimate of drug-likeness (QED) is 0.499. The van der Waals surface area contributed by atoms with Gasteiger partial charge in [-0.1, -0.05) is 23.1 Å². The zero-order chi connectivity index (χ0) is 18.7. The molecule has 0 amide bonds. The minimum atomic E-state index is -0.535. The highest BCUT2D eigenvalue weighted by Gasteiger charge is 2.10. The summed E-state index contributed by atoms with van der Waals surface area (Å²) >= 11 is 7.15. The van der Waals surface area contributed by atoms with Crippen LogP contribution in [-0.4, -0.2) is 17.0 Å². The second kappa shape index (κ2) is 7.72. The van der Waals surface area contributed by atoms with Crippen LogP contribution in [0.3, 0.4) is 0 Å². The fraction of sp³-hybridized carbons (Fsp3) is 0.111. The van der Waals surface area contributed by atoms with E-state index < -0.39 is 5.82 Å². The van der Waals surface area contributed by atoms with Crippen LogP contribution in [0, 0.1) is 18.2 Å². The number of halogens is 2. The number of nitrogens with zero attached hydrogens (tertiary/aromatic N) is 2. The molecule has 8 heteroatoms. The van der Waals surface area contributed by atoms with Gasteiger partial charge in [0.1, 0.15) is 22.7 Å². The second-order valence-corrected chi connectivity index (χ2v) is 7.04. The zero-order valence-corrected chi connectivity index (χ0v) is 15.7. The molecular weight excluding hydrogens is 375 g/mol. The van der Waals surface area contributed by atoms with E-state index in [0.29, 0.717) is 11.0 Å². The van der Waals surface area contributed by atoms with Crippen LogP contribution < -0.4 is 15.5 Å². The van der Waals surface area contributed by atoms with Gasteiger partial charge in [-0.05, 0) is 55.5 Å². The van der Waals surface area contributed by atoms with E-state index >= 15 is 0 Å². The number of aromatic nitrogens is 1. The monoisotopic (exact) mass is 390 g/mol. The third kappa shape index (κ3) is 4.12. The molecule has 0 aliphatic heterocycles. The Morgan fingerprint density at radius 3 is 2.54 bits per heavy atom. The largest absolute Gasteiger partial charge is 0.497 e. The van der Waals surface area contributed by atoms with E-state index in [1.807, 2.05) is 19.1 Å². The third-order valence-electron chi connectivity index (χ3n) is 3.47. The Hall–Kier alpha value is -2.64. The minimum Gasteiger partial charge on any atom is -0.497 e. The molecule has 3 aromatic rings. The third-order valence-corrected chi connectivity index (χ3v) is 4.66. The smallest absolute Gasteiger partial charge is 0.223 e. The first-order valence-corrected chi connectivity index (χ1v) is 8.81. The lowest BCUT2D eigenvalue weighted by atomic mass is 10.3. The van der Waals surface area contributed by atoms with Gasteiger partial charge in [-0.25, -0.2) is 13.3 Å². The van der Waals surface area contributed by atoms with E-state index in [1.165, 1.54) is 23.7 Å². The van der Waals surface area contributed by atoms with E-state index in [-0.39, 0.29) is 11.2 Å². The van der Waals surface area contributed by atoms with Gasteiger partial charge in [-0.2, -0.15) is 0 Å². The number of aliphatic imine (C=N–C) groups is 1. The lowest BCUT2D eigenvalue weighted by Crippen LogP contribution is -2.28. The van der Waals surface area contributed by atoms with Gasteiger partial charge in [0.2, 0.25) is 5.96 Å². The Morgan fingerprint density at radius 1 is 1.23 bits per heavy atom. The summed E-state index contributed by atoms with van der Waals surface area (Å²) in [7, 11) is 1.59. The molecule has 2 aromatic carbocycles. The predicted octanol–water partition coefficient (Wildman–Crippen LogP) is 4.79. The summed E-state index contributed by atoms with van der Waals surface area (Å²) in [4.78, 5) is 5.32. The van der Waals surface area contributed by atoms with Crippen molar-refractivity contribution in [3.8, 4) is 5.75 Å². The number of anilines is 1. The molecule has 134 valence electrons. The first kappa shape index (κ1) is 18.2. The van der Waals surface area contributed by atoms with E-state index in [4.69, 9.17) is 21.7 Å². The average molecular weight is 391 g/mol. The zero-order valence-electron chi connectivity index (χ0n) is 14.1. The van der Waals surface area contributed by atoms with Crippen molar-refractivity contribution in [2.75, 3.05) is 12.4 Å². The fourth-order valence-corrected chi connectivity index (χ4v) is 3.18. The second-order valence-electron chi connectivity index (χ2n) is 5.41. The fourth-order valence-electron chi connectivity index (χ4n) is 2.24. The number of ether oxygens (including phenoxy) is 1. The summed E-state index contributed by atoms with van der Waals surface area (Å²) in [5.74, 6) is 0.505. The molecule has 0 saturated carbocycles. The molecule has 0 bridgehead atoms. The number of benzene rings is 2. The Morgan fingerprint density at radius 2 is 1.96 bits per heavy atom. The molecule has 0 aliphatic carbocycles. The van der Waals surface area contributed by atoms with Crippen molar-refractivity contribution < 1.29 is 9.13 Å². The summed E-state index contributed by atoms with van der Waals surface area (Å²) in [6.45, 7) is 1.90. The van der Waals surface area contributed by atoms with Crippen molar-refractivity contribution in [3.63, 3.8) is 0 Å². The standard InChI is InChI=1S/C18H16ClFN4OS/c1-11-9-17(21)24(26-11)18(22-13-4-6-14(25-2)7-5-13)23-16-8-3-12(19)10-15(16)20/h3-10,21H,1-2H3,(H,22,23). The van der Waals surface area contributed by atoms with E-state index in [9.17, 15) is 4.39 Å². The molecule has 0 unspecified atom stereocenters. The molecule has 0 radical (unpaired) electrons. The summed E-state index contributed by atoms with van der Waals surface area (Å²) in [5, 5.41) is 11.6. The first-order valence-electron chi connectivity index (χ1n) is 7.66. The molecule has 1 heterocycles. The molecule has 0 aliphatic rings. The number of hydrogen-bond donors (Lipinski definition) is 2. The highest BCUT2D eigenvalue weighted by Crippen LogP contribution is 2.23. The Labute approximate surface area is 159 Å². The molecular formula is C18H16ClFN4OS. The molecule has 0 fully saturated rings. The number of aryl methyl sites for hydroxylation is 1. The molecule has 2 N–H and O–H groups in total. The Bertz CT molecular complexity index is 1010. The van der Waals surface area contributed by atoms with Gasteiger partial charge in [-0.3, -0.25) is 5.41 Å². The molecule has 1 aromatic heterocycles. The van der Waals surface area contributed by atoms with E-state index in [2.05, 4.69) is 10.3 Å². The highest BCUT2D eigenvalue weighted by atomic mass is 35.5. The van der Waals surface area contributed by atoms with Crippen LogP contribution in [0.15, 0.2) is 53.5 Å². The maximum atomic E-state index is 14.2. The topological polar surface area (TPSA) is 62.4 Å². The molecule has 3 rings (SSSR count). The van der Waals surface area contributed by atoms with E-state index in [0.717, 1.165) is 16.3 Å². The van der Waals surface area contributed by atoms with Gasteiger partial charge in [0.25, 0.3) is 0 Å². The van der Waals surface area contributed by atoms with Crippen LogP contribution in [0.25, 0.3) is 0 Å². The van der Waals surface area contributed by atoms with Crippen molar-refractivity contribution >= 4 is 40.5 Å². The van der Waals surface area contributed by atoms with Gasteiger partial charge >= 0.3 is 0 Å². The molecule has 5 nitrogen and oxygen atoms in total. The van der Waals surface area contributed by atoms with Gasteiger partial charge < -0.3 is 10.1 Å². The molecule has 0 spiro atoms. The van der Waals surface area contributed by atoms with Gasteiger partial charge in [0.05, 0.1) is 7.11 Å². The summed E-state index contributed by atoms with van der Waals surface area (Å²) in [6.07, 6.45) is 0. The molecule has 0 saturated heterocycles. The predicted molar refractivity (Wildman–Crippen MR) is 103 cm³/mol. The van der Waals surface area contributed by atoms with Crippen LogP contribution in [0.4, 0.5) is 15.8 Å². The van der Waals surface area contributed by atoms with Crippen molar-refractivity contribution in [1.82, 2.24) is 3.96 Å².